The minimum atomic E-state index is -0.148. The normalized spacial score (nSPS) is 12.0. The van der Waals surface area contributed by atoms with Crippen LogP contribution in [0.25, 0.3) is 10.9 Å². The fourth-order valence-electron chi connectivity index (χ4n) is 2.28. The molecule has 0 bridgehead atoms. The summed E-state index contributed by atoms with van der Waals surface area (Å²) in [6, 6.07) is 14.8. The summed E-state index contributed by atoms with van der Waals surface area (Å²) in [6.45, 7) is 1.92. The van der Waals surface area contributed by atoms with Crippen molar-refractivity contribution in [2.75, 3.05) is 0 Å². The van der Waals surface area contributed by atoms with Gasteiger partial charge in [-0.2, -0.15) is 0 Å². The number of carbonyl (C=O) groups excluding carboxylic acids is 1. The van der Waals surface area contributed by atoms with E-state index in [4.69, 9.17) is 0 Å². The van der Waals surface area contributed by atoms with Gasteiger partial charge < -0.3 is 5.32 Å². The molecule has 1 atom stereocenters. The third-order valence-corrected chi connectivity index (χ3v) is 3.37. The van der Waals surface area contributed by atoms with E-state index in [1.54, 1.807) is 12.4 Å². The van der Waals surface area contributed by atoms with Gasteiger partial charge in [0, 0.05) is 23.3 Å². The van der Waals surface area contributed by atoms with Gasteiger partial charge >= 0.3 is 0 Å². The molecule has 0 aliphatic heterocycles. The molecule has 0 saturated heterocycles. The summed E-state index contributed by atoms with van der Waals surface area (Å²) in [5.74, 6) is -0.119. The highest BCUT2D eigenvalue weighted by Crippen LogP contribution is 2.17. The van der Waals surface area contributed by atoms with E-state index >= 15 is 0 Å². The molecule has 0 fully saturated rings. The SMILES string of the molecule is CC(NC(=O)c1cccc2ncccc12)c1ccccn1. The van der Waals surface area contributed by atoms with Gasteiger partial charge in [0.25, 0.3) is 5.91 Å². The molecular formula is C17H15N3O. The first-order valence-electron chi connectivity index (χ1n) is 6.81. The van der Waals surface area contributed by atoms with Gasteiger partial charge in [0.15, 0.2) is 0 Å². The van der Waals surface area contributed by atoms with E-state index in [0.717, 1.165) is 16.6 Å². The topological polar surface area (TPSA) is 54.9 Å². The van der Waals surface area contributed by atoms with Crippen LogP contribution in [-0.4, -0.2) is 15.9 Å². The molecule has 1 aromatic carbocycles. The number of aromatic nitrogens is 2. The van der Waals surface area contributed by atoms with Crippen molar-refractivity contribution < 1.29 is 4.79 Å². The van der Waals surface area contributed by atoms with Gasteiger partial charge in [0.1, 0.15) is 0 Å². The molecule has 0 spiro atoms. The number of carbonyl (C=O) groups is 1. The number of nitrogens with zero attached hydrogens (tertiary/aromatic N) is 2. The molecule has 0 saturated carbocycles. The van der Waals surface area contributed by atoms with Gasteiger partial charge in [-0.25, -0.2) is 0 Å². The van der Waals surface area contributed by atoms with Gasteiger partial charge in [0.2, 0.25) is 0 Å². The van der Waals surface area contributed by atoms with Crippen LogP contribution in [-0.2, 0) is 0 Å². The number of amides is 1. The molecule has 1 unspecified atom stereocenters. The summed E-state index contributed by atoms with van der Waals surface area (Å²) in [5, 5.41) is 3.83. The van der Waals surface area contributed by atoms with Crippen molar-refractivity contribution >= 4 is 16.8 Å². The number of rotatable bonds is 3. The lowest BCUT2D eigenvalue weighted by molar-refractivity contribution is 0.0941. The highest BCUT2D eigenvalue weighted by Gasteiger charge is 2.14. The molecular weight excluding hydrogens is 262 g/mol. The molecule has 0 aliphatic carbocycles. The van der Waals surface area contributed by atoms with Crippen molar-refractivity contribution in [3.8, 4) is 0 Å². The van der Waals surface area contributed by atoms with Crippen LogP contribution in [0.5, 0.6) is 0 Å². The fourth-order valence-corrected chi connectivity index (χ4v) is 2.28. The van der Waals surface area contributed by atoms with Crippen LogP contribution >= 0.6 is 0 Å². The Balaban J connectivity index is 1.88. The highest BCUT2D eigenvalue weighted by atomic mass is 16.1. The lowest BCUT2D eigenvalue weighted by Gasteiger charge is -2.14. The van der Waals surface area contributed by atoms with Crippen LogP contribution in [0.3, 0.4) is 0 Å². The van der Waals surface area contributed by atoms with E-state index in [1.807, 2.05) is 55.5 Å². The fraction of sp³-hybridized carbons (Fsp3) is 0.118. The molecule has 0 aliphatic rings. The van der Waals surface area contributed by atoms with Gasteiger partial charge in [-0.05, 0) is 37.3 Å². The predicted octanol–water partition coefficient (Wildman–Crippen LogP) is 3.12. The molecule has 0 radical (unpaired) electrons. The van der Waals surface area contributed by atoms with Crippen LogP contribution in [0, 0.1) is 0 Å². The number of pyridine rings is 2. The second kappa shape index (κ2) is 5.71. The number of fused-ring (bicyclic) bond motifs is 1. The summed E-state index contributed by atoms with van der Waals surface area (Å²) in [6.07, 6.45) is 3.44. The maximum Gasteiger partial charge on any atom is 0.252 e. The lowest BCUT2D eigenvalue weighted by atomic mass is 10.1. The molecule has 1 amide bonds. The van der Waals surface area contributed by atoms with Crippen LogP contribution in [0.4, 0.5) is 0 Å². The van der Waals surface area contributed by atoms with Crippen LogP contribution in [0.2, 0.25) is 0 Å². The summed E-state index contributed by atoms with van der Waals surface area (Å²) < 4.78 is 0. The zero-order chi connectivity index (χ0) is 14.7. The van der Waals surface area contributed by atoms with E-state index in [0.29, 0.717) is 5.56 Å². The Kier molecular flexibility index (Phi) is 3.60. The molecule has 3 aromatic rings. The van der Waals surface area contributed by atoms with E-state index in [9.17, 15) is 4.79 Å². The average molecular weight is 277 g/mol. The van der Waals surface area contributed by atoms with E-state index in [1.165, 1.54) is 0 Å². The largest absolute Gasteiger partial charge is 0.344 e. The first-order valence-corrected chi connectivity index (χ1v) is 6.81. The molecule has 1 N–H and O–H groups in total. The molecule has 21 heavy (non-hydrogen) atoms. The van der Waals surface area contributed by atoms with Crippen LogP contribution in [0.1, 0.15) is 29.0 Å². The summed E-state index contributed by atoms with van der Waals surface area (Å²) in [7, 11) is 0. The summed E-state index contributed by atoms with van der Waals surface area (Å²) >= 11 is 0. The number of hydrogen-bond donors (Lipinski definition) is 1. The Morgan fingerprint density at radius 2 is 1.86 bits per heavy atom. The van der Waals surface area contributed by atoms with Gasteiger partial charge in [-0.15, -0.1) is 0 Å². The molecule has 4 nitrogen and oxygen atoms in total. The summed E-state index contributed by atoms with van der Waals surface area (Å²) in [4.78, 5) is 21.0. The monoisotopic (exact) mass is 277 g/mol. The Labute approximate surface area is 122 Å². The van der Waals surface area contributed by atoms with Gasteiger partial charge in [-0.1, -0.05) is 18.2 Å². The third kappa shape index (κ3) is 2.74. The Morgan fingerprint density at radius 3 is 2.67 bits per heavy atom. The second-order valence-electron chi connectivity index (χ2n) is 4.83. The van der Waals surface area contributed by atoms with E-state index in [2.05, 4.69) is 15.3 Å². The minimum absolute atomic E-state index is 0.119. The third-order valence-electron chi connectivity index (χ3n) is 3.37. The summed E-state index contributed by atoms with van der Waals surface area (Å²) in [5.41, 5.74) is 2.28. The van der Waals surface area contributed by atoms with Crippen molar-refractivity contribution in [1.82, 2.24) is 15.3 Å². The van der Waals surface area contributed by atoms with Crippen LogP contribution in [0.15, 0.2) is 60.9 Å². The average Bonchev–Trinajstić information content (AvgIpc) is 2.55. The minimum Gasteiger partial charge on any atom is -0.344 e. The predicted molar refractivity (Wildman–Crippen MR) is 81.9 cm³/mol. The van der Waals surface area contributed by atoms with Crippen molar-refractivity contribution in [1.29, 1.82) is 0 Å². The lowest BCUT2D eigenvalue weighted by Crippen LogP contribution is -2.27. The zero-order valence-electron chi connectivity index (χ0n) is 11.7. The number of benzene rings is 1. The molecule has 2 aromatic heterocycles. The first kappa shape index (κ1) is 13.2. The van der Waals surface area contributed by atoms with E-state index < -0.39 is 0 Å². The molecule has 104 valence electrons. The number of nitrogens with one attached hydrogen (secondary N) is 1. The molecule has 3 rings (SSSR count). The Bertz CT molecular complexity index is 766. The highest BCUT2D eigenvalue weighted by molar-refractivity contribution is 6.06. The van der Waals surface area contributed by atoms with Crippen molar-refractivity contribution in [3.63, 3.8) is 0 Å². The van der Waals surface area contributed by atoms with Crippen LogP contribution < -0.4 is 5.32 Å². The zero-order valence-corrected chi connectivity index (χ0v) is 11.7. The first-order chi connectivity index (χ1) is 10.3. The van der Waals surface area contributed by atoms with Crippen molar-refractivity contribution in [3.05, 3.63) is 72.2 Å². The molecule has 4 heteroatoms. The second-order valence-corrected chi connectivity index (χ2v) is 4.83. The quantitative estimate of drug-likeness (QED) is 0.800. The number of hydrogen-bond acceptors (Lipinski definition) is 3. The molecule has 2 heterocycles. The Hall–Kier alpha value is -2.75. The van der Waals surface area contributed by atoms with Gasteiger partial charge in [-0.3, -0.25) is 14.8 Å². The Morgan fingerprint density at radius 1 is 1.00 bits per heavy atom. The smallest absolute Gasteiger partial charge is 0.252 e. The van der Waals surface area contributed by atoms with E-state index in [-0.39, 0.29) is 11.9 Å². The standard InChI is InChI=1S/C17H15N3O/c1-12(15-8-2-3-10-18-15)20-17(21)14-6-4-9-16-13(14)7-5-11-19-16/h2-12H,1H3,(H,20,21). The van der Waals surface area contributed by atoms with Gasteiger partial charge in [0.05, 0.1) is 17.3 Å². The van der Waals surface area contributed by atoms with Crippen molar-refractivity contribution in [2.24, 2.45) is 0 Å². The maximum absolute atomic E-state index is 12.5. The van der Waals surface area contributed by atoms with Crippen molar-refractivity contribution in [2.45, 2.75) is 13.0 Å². The maximum atomic E-state index is 12.5.